The van der Waals surface area contributed by atoms with Crippen LogP contribution in [0, 0.1) is 0 Å². The minimum Gasteiger partial charge on any atom is -0.489 e. The maximum absolute atomic E-state index is 10.9. The zero-order valence-electron chi connectivity index (χ0n) is 16.8. The van der Waals surface area contributed by atoms with Gasteiger partial charge in [0.05, 0.1) is 17.5 Å². The molecule has 0 saturated heterocycles. The van der Waals surface area contributed by atoms with Crippen molar-refractivity contribution in [3.63, 3.8) is 0 Å². The van der Waals surface area contributed by atoms with Gasteiger partial charge in [-0.3, -0.25) is 9.69 Å². The van der Waals surface area contributed by atoms with E-state index in [2.05, 4.69) is 15.0 Å². The molecule has 1 aliphatic heterocycles. The molecule has 4 rings (SSSR count). The van der Waals surface area contributed by atoms with Crippen molar-refractivity contribution in [2.45, 2.75) is 39.5 Å². The molecular formula is C22H22ClN3O4. The van der Waals surface area contributed by atoms with Crippen LogP contribution in [-0.4, -0.2) is 38.8 Å². The molecule has 0 bridgehead atoms. The van der Waals surface area contributed by atoms with Crippen LogP contribution in [0.15, 0.2) is 40.9 Å². The fraction of sp³-hybridized carbons (Fsp3) is 0.318. The molecule has 0 fully saturated rings. The molecule has 156 valence electrons. The second-order valence-electron chi connectivity index (χ2n) is 7.53. The summed E-state index contributed by atoms with van der Waals surface area (Å²) in [6.07, 6.45) is 0.144. The zero-order chi connectivity index (χ0) is 21.3. The van der Waals surface area contributed by atoms with Crippen molar-refractivity contribution < 1.29 is 19.2 Å². The highest BCUT2D eigenvalue weighted by atomic mass is 35.5. The quantitative estimate of drug-likeness (QED) is 0.587. The lowest BCUT2D eigenvalue weighted by molar-refractivity contribution is -0.137. The summed E-state index contributed by atoms with van der Waals surface area (Å²) in [5.74, 6) is 0.692. The van der Waals surface area contributed by atoms with E-state index in [4.69, 9.17) is 26.0 Å². The van der Waals surface area contributed by atoms with Gasteiger partial charge in [-0.05, 0) is 43.2 Å². The van der Waals surface area contributed by atoms with Crippen LogP contribution in [0.3, 0.4) is 0 Å². The van der Waals surface area contributed by atoms with Gasteiger partial charge in [0.2, 0.25) is 5.82 Å². The van der Waals surface area contributed by atoms with E-state index in [1.54, 1.807) is 12.1 Å². The van der Waals surface area contributed by atoms with E-state index in [1.807, 2.05) is 38.1 Å². The molecule has 0 amide bonds. The standard InChI is InChI=1S/C22H22ClN3O4/c1-13(2)29-19-7-6-14(10-18(19)23)22-24-21(25-30-22)16-5-3-4-15-11-26(12-17(15)16)9-8-20(27)28/h3-7,10,13H,8-9,11-12H2,1-2H3,(H,27,28). The minimum absolute atomic E-state index is 0.0265. The number of carboxylic acid groups (broad SMARTS) is 1. The van der Waals surface area contributed by atoms with Crippen molar-refractivity contribution in [1.82, 2.24) is 15.0 Å². The number of carboxylic acids is 1. The number of nitrogens with zero attached hydrogens (tertiary/aromatic N) is 3. The van der Waals surface area contributed by atoms with Crippen molar-refractivity contribution >= 4 is 17.6 Å². The maximum Gasteiger partial charge on any atom is 0.304 e. The Morgan fingerprint density at radius 1 is 1.30 bits per heavy atom. The van der Waals surface area contributed by atoms with Crippen molar-refractivity contribution in [3.05, 3.63) is 52.5 Å². The lowest BCUT2D eigenvalue weighted by Crippen LogP contribution is -2.20. The smallest absolute Gasteiger partial charge is 0.304 e. The first-order valence-corrected chi connectivity index (χ1v) is 10.1. The molecule has 1 aromatic heterocycles. The van der Waals surface area contributed by atoms with Crippen molar-refractivity contribution in [1.29, 1.82) is 0 Å². The largest absolute Gasteiger partial charge is 0.489 e. The third-order valence-electron chi connectivity index (χ3n) is 4.90. The van der Waals surface area contributed by atoms with Crippen LogP contribution < -0.4 is 4.74 Å². The van der Waals surface area contributed by atoms with E-state index in [9.17, 15) is 4.79 Å². The fourth-order valence-electron chi connectivity index (χ4n) is 3.54. The Balaban J connectivity index is 1.57. The molecular weight excluding hydrogens is 406 g/mol. The van der Waals surface area contributed by atoms with Gasteiger partial charge >= 0.3 is 5.97 Å². The Labute approximate surface area is 179 Å². The minimum atomic E-state index is -0.794. The third kappa shape index (κ3) is 4.32. The molecule has 0 radical (unpaired) electrons. The van der Waals surface area contributed by atoms with Gasteiger partial charge in [-0.2, -0.15) is 4.98 Å². The number of hydrogen-bond acceptors (Lipinski definition) is 6. The summed E-state index contributed by atoms with van der Waals surface area (Å²) in [6.45, 7) is 5.76. The van der Waals surface area contributed by atoms with E-state index in [-0.39, 0.29) is 12.5 Å². The number of ether oxygens (including phenoxy) is 1. The molecule has 0 aliphatic carbocycles. The summed E-state index contributed by atoms with van der Waals surface area (Å²) in [4.78, 5) is 17.6. The Bertz CT molecular complexity index is 1080. The Morgan fingerprint density at radius 3 is 2.87 bits per heavy atom. The van der Waals surface area contributed by atoms with Crippen LogP contribution in [0.1, 0.15) is 31.4 Å². The normalized spacial score (nSPS) is 13.6. The number of carbonyl (C=O) groups is 1. The zero-order valence-corrected chi connectivity index (χ0v) is 17.5. The SMILES string of the molecule is CC(C)Oc1ccc(-c2nc(-c3cccc4c3CN(CCC(=O)O)C4)no2)cc1Cl. The third-order valence-corrected chi connectivity index (χ3v) is 5.19. The maximum atomic E-state index is 10.9. The van der Waals surface area contributed by atoms with E-state index in [0.29, 0.717) is 47.7 Å². The highest BCUT2D eigenvalue weighted by Crippen LogP contribution is 2.34. The monoisotopic (exact) mass is 427 g/mol. The Hall–Kier alpha value is -2.90. The number of fused-ring (bicyclic) bond motifs is 1. The van der Waals surface area contributed by atoms with E-state index in [1.165, 1.54) is 0 Å². The average Bonchev–Trinajstić information content (AvgIpc) is 3.34. The molecule has 8 heteroatoms. The van der Waals surface area contributed by atoms with Crippen LogP contribution in [0.5, 0.6) is 5.75 Å². The number of aliphatic carboxylic acids is 1. The molecule has 0 atom stereocenters. The molecule has 0 spiro atoms. The van der Waals surface area contributed by atoms with Crippen molar-refractivity contribution in [2.75, 3.05) is 6.54 Å². The summed E-state index contributed by atoms with van der Waals surface area (Å²) < 4.78 is 11.2. The highest BCUT2D eigenvalue weighted by molar-refractivity contribution is 6.32. The molecule has 30 heavy (non-hydrogen) atoms. The van der Waals surface area contributed by atoms with Gasteiger partial charge in [-0.1, -0.05) is 35.0 Å². The van der Waals surface area contributed by atoms with Gasteiger partial charge in [-0.25, -0.2) is 0 Å². The molecule has 2 aromatic carbocycles. The number of halogens is 1. The first kappa shape index (κ1) is 20.4. The Kier molecular flexibility index (Phi) is 5.74. The van der Waals surface area contributed by atoms with Crippen LogP contribution >= 0.6 is 11.6 Å². The molecule has 1 N–H and O–H groups in total. The number of rotatable bonds is 7. The highest BCUT2D eigenvalue weighted by Gasteiger charge is 2.24. The van der Waals surface area contributed by atoms with Gasteiger partial charge in [0, 0.05) is 30.8 Å². The topological polar surface area (TPSA) is 88.7 Å². The molecule has 0 unspecified atom stereocenters. The number of hydrogen-bond donors (Lipinski definition) is 1. The second-order valence-corrected chi connectivity index (χ2v) is 7.94. The predicted octanol–water partition coefficient (Wildman–Crippen LogP) is 4.63. The van der Waals surface area contributed by atoms with Gasteiger partial charge in [0.25, 0.3) is 5.89 Å². The van der Waals surface area contributed by atoms with E-state index in [0.717, 1.165) is 16.7 Å². The van der Waals surface area contributed by atoms with Crippen LogP contribution in [-0.2, 0) is 17.9 Å². The van der Waals surface area contributed by atoms with Crippen LogP contribution in [0.25, 0.3) is 22.8 Å². The summed E-state index contributed by atoms with van der Waals surface area (Å²) in [5, 5.41) is 13.6. The van der Waals surface area contributed by atoms with Gasteiger partial charge in [0.15, 0.2) is 0 Å². The Morgan fingerprint density at radius 2 is 2.13 bits per heavy atom. The molecule has 3 aromatic rings. The van der Waals surface area contributed by atoms with Crippen LogP contribution in [0.4, 0.5) is 0 Å². The average molecular weight is 428 g/mol. The first-order chi connectivity index (χ1) is 14.4. The summed E-state index contributed by atoms with van der Waals surface area (Å²) >= 11 is 6.33. The van der Waals surface area contributed by atoms with Crippen LogP contribution in [0.2, 0.25) is 5.02 Å². The molecule has 1 aliphatic rings. The summed E-state index contributed by atoms with van der Waals surface area (Å²) in [6, 6.07) is 11.3. The van der Waals surface area contributed by atoms with Crippen molar-refractivity contribution in [3.8, 4) is 28.6 Å². The van der Waals surface area contributed by atoms with Crippen molar-refractivity contribution in [2.24, 2.45) is 0 Å². The second kappa shape index (κ2) is 8.45. The van der Waals surface area contributed by atoms with Gasteiger partial charge < -0.3 is 14.4 Å². The summed E-state index contributed by atoms with van der Waals surface area (Å²) in [7, 11) is 0. The van der Waals surface area contributed by atoms with Gasteiger partial charge in [-0.15, -0.1) is 0 Å². The number of aromatic nitrogens is 2. The molecule has 0 saturated carbocycles. The fourth-order valence-corrected chi connectivity index (χ4v) is 3.77. The van der Waals surface area contributed by atoms with E-state index < -0.39 is 5.97 Å². The lowest BCUT2D eigenvalue weighted by Gasteiger charge is -2.12. The summed E-state index contributed by atoms with van der Waals surface area (Å²) in [5.41, 5.74) is 3.87. The molecule has 7 nitrogen and oxygen atoms in total. The molecule has 2 heterocycles. The van der Waals surface area contributed by atoms with E-state index >= 15 is 0 Å². The number of benzene rings is 2. The first-order valence-electron chi connectivity index (χ1n) is 9.76. The predicted molar refractivity (Wildman–Crippen MR) is 112 cm³/mol. The lowest BCUT2D eigenvalue weighted by atomic mass is 10.0. The van der Waals surface area contributed by atoms with Gasteiger partial charge in [0.1, 0.15) is 5.75 Å².